The molecule has 2 heterocycles. The number of methoxy groups -OCH3 is 1. The van der Waals surface area contributed by atoms with Gasteiger partial charge < -0.3 is 15.4 Å². The molecule has 1 unspecified atom stereocenters. The average Bonchev–Trinajstić information content (AvgIpc) is 3.04. The Bertz CT molecular complexity index is 509. The SMILES string of the molecule is COc1cnn(CCN(C)C)c1C(N)c1cnns1. The molecule has 7 nitrogen and oxygen atoms in total. The van der Waals surface area contributed by atoms with Crippen molar-refractivity contribution in [2.24, 2.45) is 5.73 Å². The van der Waals surface area contributed by atoms with Crippen LogP contribution in [-0.2, 0) is 6.54 Å². The van der Waals surface area contributed by atoms with Crippen molar-refractivity contribution in [2.75, 3.05) is 27.7 Å². The van der Waals surface area contributed by atoms with Crippen LogP contribution in [0.5, 0.6) is 5.75 Å². The van der Waals surface area contributed by atoms with E-state index in [1.54, 1.807) is 19.5 Å². The van der Waals surface area contributed by atoms with E-state index in [2.05, 4.69) is 19.6 Å². The van der Waals surface area contributed by atoms with Crippen molar-refractivity contribution in [1.29, 1.82) is 0 Å². The van der Waals surface area contributed by atoms with Gasteiger partial charge in [-0.1, -0.05) is 4.49 Å². The minimum Gasteiger partial charge on any atom is -0.493 e. The minimum absolute atomic E-state index is 0.320. The van der Waals surface area contributed by atoms with Crippen molar-refractivity contribution in [3.05, 3.63) is 23.0 Å². The van der Waals surface area contributed by atoms with E-state index < -0.39 is 0 Å². The molecule has 104 valence electrons. The fraction of sp³-hybridized carbons (Fsp3) is 0.545. The summed E-state index contributed by atoms with van der Waals surface area (Å²) in [5, 5.41) is 8.16. The van der Waals surface area contributed by atoms with Crippen LogP contribution in [0.15, 0.2) is 12.4 Å². The lowest BCUT2D eigenvalue weighted by molar-refractivity contribution is 0.363. The largest absolute Gasteiger partial charge is 0.493 e. The van der Waals surface area contributed by atoms with Crippen molar-refractivity contribution in [1.82, 2.24) is 24.3 Å². The van der Waals surface area contributed by atoms with E-state index in [0.29, 0.717) is 5.75 Å². The Morgan fingerprint density at radius 2 is 2.26 bits per heavy atom. The minimum atomic E-state index is -0.320. The molecule has 8 heteroatoms. The van der Waals surface area contributed by atoms with Crippen LogP contribution in [0, 0.1) is 0 Å². The van der Waals surface area contributed by atoms with Gasteiger partial charge in [-0.3, -0.25) is 4.68 Å². The normalized spacial score (nSPS) is 12.9. The molecule has 2 aromatic heterocycles. The van der Waals surface area contributed by atoms with Gasteiger partial charge in [-0.15, -0.1) is 5.10 Å². The van der Waals surface area contributed by atoms with E-state index in [-0.39, 0.29) is 6.04 Å². The molecule has 0 saturated heterocycles. The molecule has 0 saturated carbocycles. The Morgan fingerprint density at radius 1 is 1.47 bits per heavy atom. The highest BCUT2D eigenvalue weighted by atomic mass is 32.1. The van der Waals surface area contributed by atoms with Gasteiger partial charge in [0.1, 0.15) is 5.69 Å². The van der Waals surface area contributed by atoms with E-state index >= 15 is 0 Å². The van der Waals surface area contributed by atoms with E-state index in [0.717, 1.165) is 23.7 Å². The zero-order valence-electron chi connectivity index (χ0n) is 11.3. The number of rotatable bonds is 6. The van der Waals surface area contributed by atoms with Gasteiger partial charge >= 0.3 is 0 Å². The first-order valence-electron chi connectivity index (χ1n) is 5.90. The zero-order valence-corrected chi connectivity index (χ0v) is 12.1. The molecule has 0 fully saturated rings. The maximum absolute atomic E-state index is 6.26. The van der Waals surface area contributed by atoms with E-state index in [4.69, 9.17) is 10.5 Å². The van der Waals surface area contributed by atoms with Crippen molar-refractivity contribution in [3.63, 3.8) is 0 Å². The summed E-state index contributed by atoms with van der Waals surface area (Å²) in [4.78, 5) is 2.99. The highest BCUT2D eigenvalue weighted by Crippen LogP contribution is 2.29. The van der Waals surface area contributed by atoms with E-state index in [1.807, 2.05) is 18.8 Å². The van der Waals surface area contributed by atoms with Gasteiger partial charge in [0.2, 0.25) is 0 Å². The molecule has 0 amide bonds. The summed E-state index contributed by atoms with van der Waals surface area (Å²) in [5.41, 5.74) is 7.12. The monoisotopic (exact) mass is 282 g/mol. The summed E-state index contributed by atoms with van der Waals surface area (Å²) < 4.78 is 11.1. The summed E-state index contributed by atoms with van der Waals surface area (Å²) in [7, 11) is 5.66. The highest BCUT2D eigenvalue weighted by Gasteiger charge is 2.21. The van der Waals surface area contributed by atoms with Crippen LogP contribution in [0.1, 0.15) is 16.6 Å². The third kappa shape index (κ3) is 3.09. The standard InChI is InChI=1S/C11H18N6OS/c1-16(2)4-5-17-11(8(18-3)6-14-17)10(12)9-7-13-15-19-9/h6-7,10H,4-5,12H2,1-3H3. The van der Waals surface area contributed by atoms with Crippen LogP contribution in [0.3, 0.4) is 0 Å². The molecule has 0 spiro atoms. The second-order valence-corrected chi connectivity index (χ2v) is 5.24. The molecule has 0 radical (unpaired) electrons. The van der Waals surface area contributed by atoms with Gasteiger partial charge in [0.15, 0.2) is 5.75 Å². The molecule has 1 atom stereocenters. The number of hydrogen-bond acceptors (Lipinski definition) is 7. The van der Waals surface area contributed by atoms with Crippen molar-refractivity contribution in [3.8, 4) is 5.75 Å². The molecule has 0 bridgehead atoms. The maximum Gasteiger partial charge on any atom is 0.161 e. The molecular formula is C11H18N6OS. The second kappa shape index (κ2) is 6.09. The Morgan fingerprint density at radius 3 is 2.84 bits per heavy atom. The Balaban J connectivity index is 2.28. The van der Waals surface area contributed by atoms with Crippen LogP contribution >= 0.6 is 11.5 Å². The van der Waals surface area contributed by atoms with Crippen molar-refractivity contribution >= 4 is 11.5 Å². The quantitative estimate of drug-likeness (QED) is 0.823. The lowest BCUT2D eigenvalue weighted by Crippen LogP contribution is -2.23. The molecule has 0 aliphatic carbocycles. The van der Waals surface area contributed by atoms with Gasteiger partial charge in [-0.05, 0) is 25.6 Å². The van der Waals surface area contributed by atoms with Gasteiger partial charge in [0.05, 0.1) is 37.0 Å². The second-order valence-electron chi connectivity index (χ2n) is 4.42. The topological polar surface area (TPSA) is 82.1 Å². The van der Waals surface area contributed by atoms with Crippen molar-refractivity contribution in [2.45, 2.75) is 12.6 Å². The Hall–Kier alpha value is -1.51. The first kappa shape index (κ1) is 13.9. The lowest BCUT2D eigenvalue weighted by atomic mass is 10.2. The Kier molecular flexibility index (Phi) is 4.46. The number of nitrogens with zero attached hydrogens (tertiary/aromatic N) is 5. The van der Waals surface area contributed by atoms with Gasteiger partial charge in [0, 0.05) is 6.54 Å². The van der Waals surface area contributed by atoms with Gasteiger partial charge in [-0.25, -0.2) is 0 Å². The summed E-state index contributed by atoms with van der Waals surface area (Å²) in [6.45, 7) is 1.64. The predicted octanol–water partition coefficient (Wildman–Crippen LogP) is 0.353. The summed E-state index contributed by atoms with van der Waals surface area (Å²) in [6.07, 6.45) is 3.37. The first-order valence-corrected chi connectivity index (χ1v) is 6.68. The summed E-state index contributed by atoms with van der Waals surface area (Å²) >= 11 is 1.29. The van der Waals surface area contributed by atoms with E-state index in [1.165, 1.54) is 11.5 Å². The number of nitrogens with two attached hydrogens (primary N) is 1. The lowest BCUT2D eigenvalue weighted by Gasteiger charge is -2.16. The number of hydrogen-bond donors (Lipinski definition) is 1. The third-order valence-corrected chi connectivity index (χ3v) is 3.55. The Labute approximate surface area is 116 Å². The molecule has 0 aromatic carbocycles. The van der Waals surface area contributed by atoms with Crippen LogP contribution in [0.25, 0.3) is 0 Å². The summed E-state index contributed by atoms with van der Waals surface area (Å²) in [5.74, 6) is 0.694. The fourth-order valence-electron chi connectivity index (χ4n) is 1.77. The molecule has 2 rings (SSSR count). The summed E-state index contributed by atoms with van der Waals surface area (Å²) in [6, 6.07) is -0.320. The molecule has 0 aliphatic heterocycles. The smallest absolute Gasteiger partial charge is 0.161 e. The first-order chi connectivity index (χ1) is 9.13. The van der Waals surface area contributed by atoms with E-state index in [9.17, 15) is 0 Å². The molecule has 2 aromatic rings. The van der Waals surface area contributed by atoms with Crippen LogP contribution in [-0.4, -0.2) is 52.0 Å². The predicted molar refractivity (Wildman–Crippen MR) is 73.3 cm³/mol. The maximum atomic E-state index is 6.26. The average molecular weight is 282 g/mol. The number of likely N-dealkylation sites (N-methyl/N-ethyl adjacent to an activating group) is 1. The molecule has 19 heavy (non-hydrogen) atoms. The molecular weight excluding hydrogens is 264 g/mol. The van der Waals surface area contributed by atoms with Crippen LogP contribution in [0.2, 0.25) is 0 Å². The third-order valence-electron chi connectivity index (χ3n) is 2.80. The van der Waals surface area contributed by atoms with Crippen LogP contribution < -0.4 is 10.5 Å². The number of aromatic nitrogens is 4. The van der Waals surface area contributed by atoms with Gasteiger partial charge in [-0.2, -0.15) is 5.10 Å². The zero-order chi connectivity index (χ0) is 13.8. The molecule has 0 aliphatic rings. The molecule has 2 N–H and O–H groups in total. The highest BCUT2D eigenvalue weighted by molar-refractivity contribution is 7.05. The number of ether oxygens (including phenoxy) is 1. The van der Waals surface area contributed by atoms with Gasteiger partial charge in [0.25, 0.3) is 0 Å². The fourth-order valence-corrected chi connectivity index (χ4v) is 2.28. The van der Waals surface area contributed by atoms with Crippen LogP contribution in [0.4, 0.5) is 0 Å². The van der Waals surface area contributed by atoms with Crippen molar-refractivity contribution < 1.29 is 4.74 Å².